The molecule has 0 spiro atoms. The molecule has 3 rings (SSSR count). The summed E-state index contributed by atoms with van der Waals surface area (Å²) in [5, 5.41) is 0. The lowest BCUT2D eigenvalue weighted by Crippen LogP contribution is -2.10. The molecule has 0 heterocycles. The van der Waals surface area contributed by atoms with Crippen molar-refractivity contribution in [2.24, 2.45) is 0 Å². The maximum atomic E-state index is 10.6. The van der Waals surface area contributed by atoms with Crippen LogP contribution in [0, 0.1) is 0 Å². The van der Waals surface area contributed by atoms with Gasteiger partial charge in [-0.2, -0.15) is 12.6 Å². The van der Waals surface area contributed by atoms with Crippen molar-refractivity contribution in [2.45, 2.75) is 64.2 Å². The minimum absolute atomic E-state index is 0.642. The van der Waals surface area contributed by atoms with Crippen molar-refractivity contribution in [1.29, 1.82) is 0 Å². The van der Waals surface area contributed by atoms with E-state index >= 15 is 0 Å². The Morgan fingerprint density at radius 2 is 0.857 bits per heavy atom. The maximum Gasteiger partial charge on any atom is 0.119 e. The molecule has 0 atom stereocenters. The number of nitrogens with zero attached hydrogens (tertiary/aromatic N) is 1. The zero-order valence-electron chi connectivity index (χ0n) is 20.6. The highest BCUT2D eigenvalue weighted by atomic mass is 32.1. The van der Waals surface area contributed by atoms with E-state index in [-0.39, 0.29) is 0 Å². The summed E-state index contributed by atoms with van der Waals surface area (Å²) < 4.78 is 0. The predicted octanol–water partition coefficient (Wildman–Crippen LogP) is 7.84. The molecule has 0 saturated heterocycles. The summed E-state index contributed by atoms with van der Waals surface area (Å²) in [5.41, 5.74) is 7.32. The van der Waals surface area contributed by atoms with E-state index in [0.29, 0.717) is 12.8 Å². The Hall–Kier alpha value is -2.85. The molecule has 35 heavy (non-hydrogen) atoms. The number of benzene rings is 3. The van der Waals surface area contributed by atoms with Crippen LogP contribution in [0.5, 0.6) is 0 Å². The van der Waals surface area contributed by atoms with Crippen LogP contribution < -0.4 is 4.90 Å². The van der Waals surface area contributed by atoms with Crippen LogP contribution in [0.15, 0.2) is 72.8 Å². The number of carbonyl (C=O) groups excluding carboxylic acids is 2. The van der Waals surface area contributed by atoms with Crippen molar-refractivity contribution in [2.75, 3.05) is 10.7 Å². The number of hydrogen-bond acceptors (Lipinski definition) is 4. The van der Waals surface area contributed by atoms with Crippen LogP contribution in [-0.2, 0) is 28.9 Å². The van der Waals surface area contributed by atoms with Gasteiger partial charge in [0.1, 0.15) is 12.6 Å². The fourth-order valence-electron chi connectivity index (χ4n) is 4.28. The standard InChI is InChI=1S/C31H37NO2S/c33-23-5-1-3-8-26-11-17-29(18-12-26)32(31-21-15-28(16-22-31)10-7-25-35)30-19-13-27(14-20-30)9-4-2-6-24-34/h11-24,35H,1-10,25H2. The van der Waals surface area contributed by atoms with Crippen molar-refractivity contribution in [3.05, 3.63) is 89.5 Å². The lowest BCUT2D eigenvalue weighted by molar-refractivity contribution is -0.108. The van der Waals surface area contributed by atoms with Gasteiger partial charge in [-0.25, -0.2) is 0 Å². The van der Waals surface area contributed by atoms with Crippen LogP contribution in [0.4, 0.5) is 17.1 Å². The lowest BCUT2D eigenvalue weighted by Gasteiger charge is -2.26. The van der Waals surface area contributed by atoms with Gasteiger partial charge in [-0.05, 0) is 110 Å². The van der Waals surface area contributed by atoms with Crippen molar-refractivity contribution in [1.82, 2.24) is 0 Å². The van der Waals surface area contributed by atoms with Gasteiger partial charge in [-0.3, -0.25) is 0 Å². The molecule has 0 saturated carbocycles. The maximum absolute atomic E-state index is 10.6. The van der Waals surface area contributed by atoms with Crippen LogP contribution in [-0.4, -0.2) is 18.3 Å². The third kappa shape index (κ3) is 8.70. The Morgan fingerprint density at radius 3 is 1.17 bits per heavy atom. The predicted molar refractivity (Wildman–Crippen MR) is 151 cm³/mol. The fraction of sp³-hybridized carbons (Fsp3) is 0.355. The van der Waals surface area contributed by atoms with Crippen LogP contribution in [0.25, 0.3) is 0 Å². The number of carbonyl (C=O) groups is 2. The largest absolute Gasteiger partial charge is 0.311 e. The molecule has 0 aliphatic heterocycles. The molecule has 3 nitrogen and oxygen atoms in total. The molecular weight excluding hydrogens is 450 g/mol. The second-order valence-electron chi connectivity index (χ2n) is 8.99. The summed E-state index contributed by atoms with van der Waals surface area (Å²) in [6.45, 7) is 0. The first-order valence-corrected chi connectivity index (χ1v) is 13.4. The molecular formula is C31H37NO2S. The molecule has 184 valence electrons. The Kier molecular flexibility index (Phi) is 11.6. The summed E-state index contributed by atoms with van der Waals surface area (Å²) >= 11 is 4.34. The van der Waals surface area contributed by atoms with Gasteiger partial charge in [-0.1, -0.05) is 36.4 Å². The highest BCUT2D eigenvalue weighted by molar-refractivity contribution is 7.80. The Balaban J connectivity index is 1.81. The van der Waals surface area contributed by atoms with E-state index in [1.54, 1.807) is 0 Å². The second-order valence-corrected chi connectivity index (χ2v) is 9.43. The number of anilines is 3. The van der Waals surface area contributed by atoms with Gasteiger partial charge in [-0.15, -0.1) is 0 Å². The van der Waals surface area contributed by atoms with Gasteiger partial charge in [0.25, 0.3) is 0 Å². The Bertz CT molecular complexity index is 954. The molecule has 4 heteroatoms. The highest BCUT2D eigenvalue weighted by Crippen LogP contribution is 2.35. The van der Waals surface area contributed by atoms with Crippen LogP contribution in [0.2, 0.25) is 0 Å². The first-order valence-electron chi connectivity index (χ1n) is 12.8. The smallest absolute Gasteiger partial charge is 0.119 e. The average Bonchev–Trinajstić information content (AvgIpc) is 2.90. The van der Waals surface area contributed by atoms with Crippen molar-refractivity contribution >= 4 is 42.3 Å². The molecule has 0 aliphatic rings. The average molecular weight is 488 g/mol. The van der Waals surface area contributed by atoms with E-state index in [4.69, 9.17) is 0 Å². The van der Waals surface area contributed by atoms with Gasteiger partial charge in [0.15, 0.2) is 0 Å². The summed E-state index contributed by atoms with van der Waals surface area (Å²) in [5.74, 6) is 0.900. The van der Waals surface area contributed by atoms with Gasteiger partial charge in [0.2, 0.25) is 0 Å². The van der Waals surface area contributed by atoms with Gasteiger partial charge in [0, 0.05) is 29.9 Å². The molecule has 0 bridgehead atoms. The molecule has 0 amide bonds. The zero-order chi connectivity index (χ0) is 24.7. The van der Waals surface area contributed by atoms with Gasteiger partial charge < -0.3 is 14.5 Å². The number of unbranched alkanes of at least 4 members (excludes halogenated alkanes) is 4. The normalized spacial score (nSPS) is 10.8. The molecule has 0 radical (unpaired) electrons. The van der Waals surface area contributed by atoms with Crippen LogP contribution >= 0.6 is 12.6 Å². The molecule has 0 aromatic heterocycles. The molecule has 0 fully saturated rings. The summed E-state index contributed by atoms with van der Waals surface area (Å²) in [7, 11) is 0. The number of rotatable bonds is 16. The van der Waals surface area contributed by atoms with E-state index in [1.807, 2.05) is 0 Å². The molecule has 0 aliphatic carbocycles. The van der Waals surface area contributed by atoms with Crippen LogP contribution in [0.3, 0.4) is 0 Å². The monoisotopic (exact) mass is 487 g/mol. The fourth-order valence-corrected chi connectivity index (χ4v) is 4.44. The highest BCUT2D eigenvalue weighted by Gasteiger charge is 2.13. The van der Waals surface area contributed by atoms with E-state index < -0.39 is 0 Å². The first-order chi connectivity index (χ1) is 17.2. The number of aryl methyl sites for hydroxylation is 3. The quantitative estimate of drug-likeness (QED) is 0.127. The molecule has 3 aromatic carbocycles. The molecule has 3 aromatic rings. The molecule has 0 unspecified atom stereocenters. The Labute approximate surface area is 216 Å². The van der Waals surface area contributed by atoms with Gasteiger partial charge in [0.05, 0.1) is 0 Å². The topological polar surface area (TPSA) is 37.4 Å². The van der Waals surface area contributed by atoms with E-state index in [0.717, 1.165) is 86.8 Å². The van der Waals surface area contributed by atoms with E-state index in [1.165, 1.54) is 16.7 Å². The number of thiol groups is 1. The lowest BCUT2D eigenvalue weighted by atomic mass is 10.0. The molecule has 0 N–H and O–H groups in total. The minimum atomic E-state index is 0.642. The third-order valence-corrected chi connectivity index (χ3v) is 6.60. The van der Waals surface area contributed by atoms with E-state index in [2.05, 4.69) is 90.3 Å². The number of hydrogen-bond donors (Lipinski definition) is 1. The van der Waals surface area contributed by atoms with Crippen LogP contribution in [0.1, 0.15) is 61.6 Å². The Morgan fingerprint density at radius 1 is 0.514 bits per heavy atom. The van der Waals surface area contributed by atoms with Crippen molar-refractivity contribution < 1.29 is 9.59 Å². The summed E-state index contributed by atoms with van der Waals surface area (Å²) in [4.78, 5) is 23.4. The van der Waals surface area contributed by atoms with Crippen molar-refractivity contribution in [3.63, 3.8) is 0 Å². The van der Waals surface area contributed by atoms with Gasteiger partial charge >= 0.3 is 0 Å². The number of aldehydes is 2. The first kappa shape index (κ1) is 26.7. The summed E-state index contributed by atoms with van der Waals surface area (Å²) in [6, 6.07) is 26.4. The van der Waals surface area contributed by atoms with E-state index in [9.17, 15) is 9.59 Å². The zero-order valence-corrected chi connectivity index (χ0v) is 21.5. The van der Waals surface area contributed by atoms with Crippen molar-refractivity contribution in [3.8, 4) is 0 Å². The second kappa shape index (κ2) is 15.2. The summed E-state index contributed by atoms with van der Waals surface area (Å²) in [6.07, 6.45) is 11.3. The SMILES string of the molecule is O=CCCCCc1ccc(N(c2ccc(CCCS)cc2)c2ccc(CCCCC=O)cc2)cc1. The third-order valence-electron chi connectivity index (χ3n) is 6.28. The minimum Gasteiger partial charge on any atom is -0.311 e.